The average molecular weight is 228 g/mol. The number of hydrogen-bond donors (Lipinski definition) is 2. The zero-order valence-corrected chi connectivity index (χ0v) is 10.2. The van der Waals surface area contributed by atoms with Crippen molar-refractivity contribution in [2.45, 2.75) is 27.2 Å². The molecule has 0 saturated heterocycles. The lowest BCUT2D eigenvalue weighted by atomic mass is 9.92. The van der Waals surface area contributed by atoms with E-state index in [1.165, 1.54) is 0 Å². The predicted molar refractivity (Wildman–Crippen MR) is 66.2 cm³/mol. The van der Waals surface area contributed by atoms with Gasteiger partial charge in [0.15, 0.2) is 0 Å². The van der Waals surface area contributed by atoms with Crippen LogP contribution in [0.25, 0.3) is 0 Å². The molecule has 0 atom stereocenters. The van der Waals surface area contributed by atoms with Crippen molar-refractivity contribution in [2.24, 2.45) is 5.41 Å². The SMILES string of the molecule is CC(C)(C)CCNc1cc(N)cc(Cl)n1. The van der Waals surface area contributed by atoms with Crippen molar-refractivity contribution in [3.05, 3.63) is 17.3 Å². The van der Waals surface area contributed by atoms with Crippen molar-refractivity contribution in [1.29, 1.82) is 0 Å². The van der Waals surface area contributed by atoms with Gasteiger partial charge in [0, 0.05) is 18.3 Å². The van der Waals surface area contributed by atoms with Crippen LogP contribution in [0.2, 0.25) is 5.15 Å². The van der Waals surface area contributed by atoms with E-state index in [-0.39, 0.29) is 0 Å². The third-order valence-electron chi connectivity index (χ3n) is 2.00. The minimum absolute atomic E-state index is 0.317. The van der Waals surface area contributed by atoms with Crippen LogP contribution in [-0.2, 0) is 0 Å². The summed E-state index contributed by atoms with van der Waals surface area (Å²) in [4.78, 5) is 4.13. The first-order valence-electron chi connectivity index (χ1n) is 5.04. The summed E-state index contributed by atoms with van der Waals surface area (Å²) in [5.74, 6) is 0.740. The summed E-state index contributed by atoms with van der Waals surface area (Å²) in [6.07, 6.45) is 1.07. The summed E-state index contributed by atoms with van der Waals surface area (Å²) in [5, 5.41) is 3.63. The highest BCUT2D eigenvalue weighted by Gasteiger charge is 2.09. The Balaban J connectivity index is 2.51. The topological polar surface area (TPSA) is 50.9 Å². The van der Waals surface area contributed by atoms with Gasteiger partial charge in [-0.05, 0) is 17.9 Å². The standard InChI is InChI=1S/C11H18ClN3/c1-11(2,3)4-5-14-10-7-8(13)6-9(12)15-10/h6-7H,4-5H2,1-3H3,(H3,13,14,15). The number of anilines is 2. The molecule has 1 rings (SSSR count). The molecule has 1 aromatic rings. The van der Waals surface area contributed by atoms with Crippen LogP contribution in [0.4, 0.5) is 11.5 Å². The lowest BCUT2D eigenvalue weighted by Crippen LogP contribution is -2.13. The van der Waals surface area contributed by atoms with Gasteiger partial charge in [-0.15, -0.1) is 0 Å². The zero-order valence-electron chi connectivity index (χ0n) is 9.47. The van der Waals surface area contributed by atoms with E-state index in [0.29, 0.717) is 16.3 Å². The van der Waals surface area contributed by atoms with Gasteiger partial charge in [0.25, 0.3) is 0 Å². The van der Waals surface area contributed by atoms with Crippen molar-refractivity contribution >= 4 is 23.1 Å². The summed E-state index contributed by atoms with van der Waals surface area (Å²) in [6.45, 7) is 7.48. The lowest BCUT2D eigenvalue weighted by molar-refractivity contribution is 0.389. The van der Waals surface area contributed by atoms with E-state index >= 15 is 0 Å². The van der Waals surface area contributed by atoms with E-state index in [4.69, 9.17) is 17.3 Å². The lowest BCUT2D eigenvalue weighted by Gasteiger charge is -2.18. The van der Waals surface area contributed by atoms with E-state index < -0.39 is 0 Å². The fourth-order valence-electron chi connectivity index (χ4n) is 1.17. The maximum Gasteiger partial charge on any atom is 0.133 e. The van der Waals surface area contributed by atoms with E-state index in [2.05, 4.69) is 31.1 Å². The summed E-state index contributed by atoms with van der Waals surface area (Å²) in [5.41, 5.74) is 6.60. The van der Waals surface area contributed by atoms with Gasteiger partial charge in [0.1, 0.15) is 11.0 Å². The number of rotatable bonds is 3. The molecule has 0 radical (unpaired) electrons. The minimum Gasteiger partial charge on any atom is -0.399 e. The maximum absolute atomic E-state index is 5.79. The summed E-state index contributed by atoms with van der Waals surface area (Å²) in [7, 11) is 0. The fourth-order valence-corrected chi connectivity index (χ4v) is 1.39. The predicted octanol–water partition coefficient (Wildman–Crippen LogP) is 3.17. The van der Waals surface area contributed by atoms with Gasteiger partial charge in [-0.2, -0.15) is 0 Å². The Hall–Kier alpha value is -0.960. The van der Waals surface area contributed by atoms with Crippen LogP contribution in [-0.4, -0.2) is 11.5 Å². The van der Waals surface area contributed by atoms with Crippen molar-refractivity contribution < 1.29 is 0 Å². The Morgan fingerprint density at radius 2 is 2.07 bits per heavy atom. The van der Waals surface area contributed by atoms with Gasteiger partial charge >= 0.3 is 0 Å². The quantitative estimate of drug-likeness (QED) is 0.780. The van der Waals surface area contributed by atoms with E-state index in [1.807, 2.05) is 0 Å². The Kier molecular flexibility index (Phi) is 3.80. The molecule has 3 N–H and O–H groups in total. The first kappa shape index (κ1) is 12.1. The maximum atomic E-state index is 5.79. The van der Waals surface area contributed by atoms with Gasteiger partial charge in [0.05, 0.1) is 0 Å². The first-order chi connectivity index (χ1) is 6.87. The molecule has 4 heteroatoms. The molecule has 0 saturated carbocycles. The summed E-state index contributed by atoms with van der Waals surface area (Å²) >= 11 is 5.79. The van der Waals surface area contributed by atoms with Gasteiger partial charge in [-0.25, -0.2) is 4.98 Å². The highest BCUT2D eigenvalue weighted by Crippen LogP contribution is 2.19. The number of halogens is 1. The molecule has 1 heterocycles. The highest BCUT2D eigenvalue weighted by molar-refractivity contribution is 6.29. The van der Waals surface area contributed by atoms with E-state index in [9.17, 15) is 0 Å². The molecule has 0 bridgehead atoms. The molecule has 0 fully saturated rings. The third kappa shape index (κ3) is 4.88. The zero-order chi connectivity index (χ0) is 11.5. The van der Waals surface area contributed by atoms with Crippen LogP contribution < -0.4 is 11.1 Å². The number of aromatic nitrogens is 1. The number of nitrogen functional groups attached to an aromatic ring is 1. The molecule has 0 aromatic carbocycles. The number of nitrogens with two attached hydrogens (primary N) is 1. The second-order valence-corrected chi connectivity index (χ2v) is 5.23. The van der Waals surface area contributed by atoms with E-state index in [1.54, 1.807) is 12.1 Å². The molecule has 0 unspecified atom stereocenters. The minimum atomic E-state index is 0.317. The smallest absolute Gasteiger partial charge is 0.133 e. The molecule has 3 nitrogen and oxygen atoms in total. The van der Waals surface area contributed by atoms with Crippen molar-refractivity contribution in [1.82, 2.24) is 4.98 Å². The van der Waals surface area contributed by atoms with Crippen molar-refractivity contribution in [3.8, 4) is 0 Å². The van der Waals surface area contributed by atoms with Crippen molar-refractivity contribution in [3.63, 3.8) is 0 Å². The molecule has 0 spiro atoms. The molecular weight excluding hydrogens is 210 g/mol. The van der Waals surface area contributed by atoms with Crippen LogP contribution in [0.15, 0.2) is 12.1 Å². The van der Waals surface area contributed by atoms with Crippen LogP contribution in [0.3, 0.4) is 0 Å². The normalized spacial score (nSPS) is 11.5. The number of nitrogens with one attached hydrogen (secondary N) is 1. The van der Waals surface area contributed by atoms with Gasteiger partial charge in [-0.1, -0.05) is 32.4 Å². The Morgan fingerprint density at radius 3 is 2.60 bits per heavy atom. The van der Waals surface area contributed by atoms with Crippen LogP contribution in [0.5, 0.6) is 0 Å². The van der Waals surface area contributed by atoms with Crippen molar-refractivity contribution in [2.75, 3.05) is 17.6 Å². The summed E-state index contributed by atoms with van der Waals surface area (Å²) in [6, 6.07) is 3.42. The largest absolute Gasteiger partial charge is 0.399 e. The fraction of sp³-hybridized carbons (Fsp3) is 0.545. The third-order valence-corrected chi connectivity index (χ3v) is 2.19. The second kappa shape index (κ2) is 4.71. The number of pyridine rings is 1. The number of hydrogen-bond acceptors (Lipinski definition) is 3. The molecule has 84 valence electrons. The molecule has 1 aromatic heterocycles. The average Bonchev–Trinajstić information content (AvgIpc) is 1.99. The first-order valence-corrected chi connectivity index (χ1v) is 5.41. The van der Waals surface area contributed by atoms with Gasteiger partial charge < -0.3 is 11.1 Å². The highest BCUT2D eigenvalue weighted by atomic mass is 35.5. The Bertz CT molecular complexity index is 311. The Labute approximate surface area is 96.0 Å². The molecule has 0 aliphatic rings. The summed E-state index contributed by atoms with van der Waals surface area (Å²) < 4.78 is 0. The van der Waals surface area contributed by atoms with Gasteiger partial charge in [-0.3, -0.25) is 0 Å². The van der Waals surface area contributed by atoms with Crippen LogP contribution in [0, 0.1) is 5.41 Å². The molecule has 0 aliphatic heterocycles. The van der Waals surface area contributed by atoms with Crippen LogP contribution in [0.1, 0.15) is 27.2 Å². The van der Waals surface area contributed by atoms with E-state index in [0.717, 1.165) is 18.8 Å². The molecular formula is C11H18ClN3. The number of nitrogens with zero attached hydrogens (tertiary/aromatic N) is 1. The second-order valence-electron chi connectivity index (χ2n) is 4.85. The molecule has 0 amide bonds. The molecule has 15 heavy (non-hydrogen) atoms. The van der Waals surface area contributed by atoms with Gasteiger partial charge in [0.2, 0.25) is 0 Å². The molecule has 0 aliphatic carbocycles. The van der Waals surface area contributed by atoms with Crippen LogP contribution >= 0.6 is 11.6 Å². The monoisotopic (exact) mass is 227 g/mol. The Morgan fingerprint density at radius 1 is 1.40 bits per heavy atom.